The summed E-state index contributed by atoms with van der Waals surface area (Å²) in [6.07, 6.45) is 3.95. The second-order valence-electron chi connectivity index (χ2n) is 4.86. The van der Waals surface area contributed by atoms with E-state index in [4.69, 9.17) is 0 Å². The van der Waals surface area contributed by atoms with Crippen LogP contribution in [-0.4, -0.2) is 5.78 Å². The van der Waals surface area contributed by atoms with E-state index in [2.05, 4.69) is 30.3 Å². The van der Waals surface area contributed by atoms with Gasteiger partial charge in [0.2, 0.25) is 0 Å². The van der Waals surface area contributed by atoms with Gasteiger partial charge in [-0.05, 0) is 30.4 Å². The van der Waals surface area contributed by atoms with Crippen LogP contribution in [0.25, 0.3) is 10.1 Å². The minimum absolute atomic E-state index is 0.127. The Kier molecular flexibility index (Phi) is 2.55. The lowest BCUT2D eigenvalue weighted by molar-refractivity contribution is -0.127. The number of Topliss-reactive ketones (excluding diaryl/α,β-unsaturated/α-hetero) is 1. The molecular weight excluding hydrogens is 228 g/mol. The highest BCUT2D eigenvalue weighted by atomic mass is 32.1. The number of hydrogen-bond acceptors (Lipinski definition) is 2. The fourth-order valence-corrected chi connectivity index (χ4v) is 4.08. The van der Waals surface area contributed by atoms with Crippen LogP contribution in [0, 0.1) is 0 Å². The molecule has 17 heavy (non-hydrogen) atoms. The maximum Gasteiger partial charge on any atom is 0.143 e. The lowest BCUT2D eigenvalue weighted by Crippen LogP contribution is -2.41. The van der Waals surface area contributed by atoms with Gasteiger partial charge in [-0.2, -0.15) is 0 Å². The number of thiophene rings is 1. The normalized spacial score (nSPS) is 17.9. The first-order chi connectivity index (χ1) is 8.26. The molecule has 1 fully saturated rings. The highest BCUT2D eigenvalue weighted by Crippen LogP contribution is 2.48. The molecule has 0 spiro atoms. The molecule has 1 aromatic carbocycles. The van der Waals surface area contributed by atoms with Gasteiger partial charge in [-0.1, -0.05) is 31.5 Å². The maximum atomic E-state index is 12.2. The molecule has 0 saturated heterocycles. The average molecular weight is 244 g/mol. The number of fused-ring (bicyclic) bond motifs is 1. The van der Waals surface area contributed by atoms with E-state index in [0.29, 0.717) is 12.2 Å². The topological polar surface area (TPSA) is 17.1 Å². The molecule has 0 N–H and O–H groups in total. The molecule has 2 aromatic rings. The summed E-state index contributed by atoms with van der Waals surface area (Å²) in [5, 5.41) is 1.28. The van der Waals surface area contributed by atoms with Crippen LogP contribution in [0.4, 0.5) is 0 Å². The zero-order chi connectivity index (χ0) is 11.9. The van der Waals surface area contributed by atoms with E-state index in [9.17, 15) is 4.79 Å². The third-order valence-corrected chi connectivity index (χ3v) is 5.28. The molecule has 0 unspecified atom stereocenters. The summed E-state index contributed by atoms with van der Waals surface area (Å²) in [6.45, 7) is 1.98. The van der Waals surface area contributed by atoms with Crippen LogP contribution in [0.15, 0.2) is 30.3 Å². The van der Waals surface area contributed by atoms with E-state index in [1.54, 1.807) is 11.3 Å². The number of hydrogen-bond donors (Lipinski definition) is 0. The van der Waals surface area contributed by atoms with Crippen molar-refractivity contribution in [3.8, 4) is 0 Å². The van der Waals surface area contributed by atoms with E-state index in [1.165, 1.54) is 21.4 Å². The van der Waals surface area contributed by atoms with E-state index in [-0.39, 0.29) is 5.41 Å². The molecule has 0 bridgehead atoms. The van der Waals surface area contributed by atoms with Crippen LogP contribution >= 0.6 is 11.3 Å². The van der Waals surface area contributed by atoms with Gasteiger partial charge in [0.1, 0.15) is 5.78 Å². The lowest BCUT2D eigenvalue weighted by Gasteiger charge is -2.39. The molecular formula is C15H16OS. The van der Waals surface area contributed by atoms with Crippen molar-refractivity contribution in [2.75, 3.05) is 0 Å². The summed E-state index contributed by atoms with van der Waals surface area (Å²) in [5.41, 5.74) is -0.127. The first-order valence-corrected chi connectivity index (χ1v) is 7.10. The molecule has 1 aliphatic rings. The van der Waals surface area contributed by atoms with Crippen molar-refractivity contribution < 1.29 is 4.79 Å². The largest absolute Gasteiger partial charge is 0.299 e. The van der Waals surface area contributed by atoms with E-state index in [0.717, 1.165) is 12.8 Å². The second kappa shape index (κ2) is 3.95. The molecule has 0 aliphatic heterocycles. The molecule has 88 valence electrons. The van der Waals surface area contributed by atoms with Crippen LogP contribution < -0.4 is 0 Å². The summed E-state index contributed by atoms with van der Waals surface area (Å²) >= 11 is 1.80. The molecule has 1 saturated carbocycles. The fourth-order valence-electron chi connectivity index (χ4n) is 2.75. The third-order valence-electron chi connectivity index (χ3n) is 3.96. The van der Waals surface area contributed by atoms with Gasteiger partial charge in [-0.25, -0.2) is 0 Å². The van der Waals surface area contributed by atoms with Gasteiger partial charge >= 0.3 is 0 Å². The number of carbonyl (C=O) groups excluding carboxylic acids is 1. The minimum atomic E-state index is -0.127. The molecule has 1 aliphatic carbocycles. The van der Waals surface area contributed by atoms with Crippen molar-refractivity contribution >= 4 is 27.2 Å². The fraction of sp³-hybridized carbons (Fsp3) is 0.400. The number of carbonyl (C=O) groups is 1. The molecule has 0 amide bonds. The van der Waals surface area contributed by atoms with Crippen molar-refractivity contribution in [2.45, 2.75) is 38.0 Å². The van der Waals surface area contributed by atoms with Gasteiger partial charge in [0.25, 0.3) is 0 Å². The van der Waals surface area contributed by atoms with Crippen molar-refractivity contribution in [3.63, 3.8) is 0 Å². The summed E-state index contributed by atoms with van der Waals surface area (Å²) in [6, 6.07) is 10.6. The van der Waals surface area contributed by atoms with Crippen LogP contribution in [-0.2, 0) is 10.2 Å². The lowest BCUT2D eigenvalue weighted by atomic mass is 9.64. The highest BCUT2D eigenvalue weighted by Gasteiger charge is 2.45. The third kappa shape index (κ3) is 1.54. The highest BCUT2D eigenvalue weighted by molar-refractivity contribution is 7.19. The Hall–Kier alpha value is -1.15. The van der Waals surface area contributed by atoms with Crippen molar-refractivity contribution in [1.82, 2.24) is 0 Å². The zero-order valence-corrected chi connectivity index (χ0v) is 10.8. The van der Waals surface area contributed by atoms with Crippen molar-refractivity contribution in [1.29, 1.82) is 0 Å². The van der Waals surface area contributed by atoms with Crippen LogP contribution in [0.5, 0.6) is 0 Å². The van der Waals surface area contributed by atoms with Crippen LogP contribution in [0.2, 0.25) is 0 Å². The van der Waals surface area contributed by atoms with E-state index < -0.39 is 0 Å². The van der Waals surface area contributed by atoms with E-state index in [1.807, 2.05) is 6.92 Å². The molecule has 1 aromatic heterocycles. The molecule has 3 rings (SSSR count). The van der Waals surface area contributed by atoms with E-state index >= 15 is 0 Å². The molecule has 0 atom stereocenters. The Morgan fingerprint density at radius 2 is 2.12 bits per heavy atom. The monoisotopic (exact) mass is 244 g/mol. The Labute approximate surface area is 105 Å². The SMILES string of the molecule is CCC(=O)C1(c2cc3ccccc3s2)CCC1. The first kappa shape index (κ1) is 11.0. The van der Waals surface area contributed by atoms with Gasteiger partial charge in [0.15, 0.2) is 0 Å². The van der Waals surface area contributed by atoms with Crippen LogP contribution in [0.1, 0.15) is 37.5 Å². The second-order valence-corrected chi connectivity index (χ2v) is 5.94. The Bertz CT molecular complexity index is 530. The molecule has 2 heteroatoms. The van der Waals surface area contributed by atoms with Crippen LogP contribution in [0.3, 0.4) is 0 Å². The quantitative estimate of drug-likeness (QED) is 0.786. The van der Waals surface area contributed by atoms with Gasteiger partial charge in [0, 0.05) is 16.0 Å². The molecule has 1 nitrogen and oxygen atoms in total. The van der Waals surface area contributed by atoms with Gasteiger partial charge in [-0.15, -0.1) is 11.3 Å². The number of ketones is 1. The zero-order valence-electron chi connectivity index (χ0n) is 10.0. The molecule has 1 heterocycles. The predicted molar refractivity (Wildman–Crippen MR) is 72.7 cm³/mol. The average Bonchev–Trinajstić information content (AvgIpc) is 2.70. The smallest absolute Gasteiger partial charge is 0.143 e. The Morgan fingerprint density at radius 1 is 1.35 bits per heavy atom. The summed E-state index contributed by atoms with van der Waals surface area (Å²) in [4.78, 5) is 13.5. The van der Waals surface area contributed by atoms with Gasteiger partial charge < -0.3 is 0 Å². The Balaban J connectivity index is 2.10. The predicted octanol–water partition coefficient (Wildman–Crippen LogP) is 4.30. The first-order valence-electron chi connectivity index (χ1n) is 6.28. The van der Waals surface area contributed by atoms with Gasteiger partial charge in [-0.3, -0.25) is 4.79 Å². The standard InChI is InChI=1S/C15H16OS/c1-2-13(16)15(8-5-9-15)14-10-11-6-3-4-7-12(11)17-14/h3-4,6-7,10H,2,5,8-9H2,1H3. The minimum Gasteiger partial charge on any atom is -0.299 e. The summed E-state index contributed by atoms with van der Waals surface area (Å²) in [5.74, 6) is 0.426. The number of rotatable bonds is 3. The van der Waals surface area contributed by atoms with Crippen molar-refractivity contribution in [3.05, 3.63) is 35.2 Å². The number of benzene rings is 1. The van der Waals surface area contributed by atoms with Crippen molar-refractivity contribution in [2.24, 2.45) is 0 Å². The maximum absolute atomic E-state index is 12.2. The van der Waals surface area contributed by atoms with Gasteiger partial charge in [0.05, 0.1) is 5.41 Å². The summed E-state index contributed by atoms with van der Waals surface area (Å²) < 4.78 is 1.30. The molecule has 0 radical (unpaired) electrons. The summed E-state index contributed by atoms with van der Waals surface area (Å²) in [7, 11) is 0. The Morgan fingerprint density at radius 3 is 2.71 bits per heavy atom.